The average molecular weight is 412 g/mol. The second-order valence-corrected chi connectivity index (χ2v) is 7.49. The van der Waals surface area contributed by atoms with Gasteiger partial charge in [-0.05, 0) is 29.4 Å². The number of nitrogens with one attached hydrogen (secondary N) is 1. The van der Waals surface area contributed by atoms with Crippen molar-refractivity contribution in [1.29, 1.82) is 0 Å². The minimum atomic E-state index is -1.28. The highest BCUT2D eigenvalue weighted by atomic mass is 32.1. The molecule has 0 bridgehead atoms. The molecule has 0 aliphatic rings. The van der Waals surface area contributed by atoms with Crippen LogP contribution in [0.3, 0.4) is 0 Å². The van der Waals surface area contributed by atoms with E-state index in [9.17, 15) is 24.8 Å². The van der Waals surface area contributed by atoms with Gasteiger partial charge >= 0.3 is 0 Å². The molecule has 0 amide bonds. The van der Waals surface area contributed by atoms with Crippen LogP contribution in [0.2, 0.25) is 0 Å². The number of carboxylic acids is 1. The topological polar surface area (TPSA) is 121 Å². The number of H-pyrrole nitrogens is 1. The quantitative estimate of drug-likeness (QED) is 0.312. The van der Waals surface area contributed by atoms with Gasteiger partial charge in [0.25, 0.3) is 11.2 Å². The summed E-state index contributed by atoms with van der Waals surface area (Å²) in [5, 5.41) is 22.5. The standard InChI is InChI=1S/C18H11N3O5S2/c22-16-15-14(12-7-11(21(25)26)5-6-13(12)28-15)19-18(27)20(16)8-9-1-3-10(4-2-9)17(23)24/h1-7H,8H2,(H,19,27)(H,23,24)/p-1. The molecule has 28 heavy (non-hydrogen) atoms. The van der Waals surface area contributed by atoms with E-state index in [4.69, 9.17) is 12.2 Å². The normalized spacial score (nSPS) is 11.1. The third-order valence-corrected chi connectivity index (χ3v) is 5.81. The van der Waals surface area contributed by atoms with Gasteiger partial charge in [-0.3, -0.25) is 19.5 Å². The number of fused-ring (bicyclic) bond motifs is 3. The largest absolute Gasteiger partial charge is 0.545 e. The maximum Gasteiger partial charge on any atom is 0.272 e. The van der Waals surface area contributed by atoms with Gasteiger partial charge in [0.2, 0.25) is 0 Å². The van der Waals surface area contributed by atoms with Crippen molar-refractivity contribution in [2.75, 3.05) is 0 Å². The van der Waals surface area contributed by atoms with Crippen LogP contribution in [-0.4, -0.2) is 20.4 Å². The fourth-order valence-corrected chi connectivity index (χ4v) is 4.27. The summed E-state index contributed by atoms with van der Waals surface area (Å²) < 4.78 is 2.69. The number of nitro benzene ring substituents is 1. The molecule has 2 heterocycles. The van der Waals surface area contributed by atoms with Crippen LogP contribution in [0.1, 0.15) is 15.9 Å². The molecule has 0 fully saturated rings. The second kappa shape index (κ2) is 6.66. The zero-order chi connectivity index (χ0) is 20.0. The predicted molar refractivity (Wildman–Crippen MR) is 105 cm³/mol. The van der Waals surface area contributed by atoms with E-state index in [1.165, 1.54) is 40.2 Å². The first-order chi connectivity index (χ1) is 13.3. The molecular formula is C18H10N3O5S2-. The summed E-state index contributed by atoms with van der Waals surface area (Å²) in [7, 11) is 0. The molecule has 0 atom stereocenters. The number of benzene rings is 2. The molecule has 10 heteroatoms. The van der Waals surface area contributed by atoms with E-state index >= 15 is 0 Å². The number of non-ortho nitro benzene ring substituents is 1. The Morgan fingerprint density at radius 1 is 1.21 bits per heavy atom. The molecule has 0 aliphatic heterocycles. The lowest BCUT2D eigenvalue weighted by Gasteiger charge is -2.08. The molecule has 0 aliphatic carbocycles. The lowest BCUT2D eigenvalue weighted by Crippen LogP contribution is -2.23. The number of rotatable bonds is 4. The Kier molecular flexibility index (Phi) is 4.28. The number of carbonyl (C=O) groups excluding carboxylic acids is 1. The van der Waals surface area contributed by atoms with Gasteiger partial charge in [-0.25, -0.2) is 0 Å². The molecular weight excluding hydrogens is 402 g/mol. The number of nitrogens with zero attached hydrogens (tertiary/aromatic N) is 2. The lowest BCUT2D eigenvalue weighted by atomic mass is 10.1. The molecule has 8 nitrogen and oxygen atoms in total. The number of aromatic amines is 1. The predicted octanol–water partition coefficient (Wildman–Crippen LogP) is 2.59. The maximum atomic E-state index is 13.0. The highest BCUT2D eigenvalue weighted by molar-refractivity contribution is 7.71. The van der Waals surface area contributed by atoms with E-state index < -0.39 is 10.9 Å². The molecule has 4 aromatic rings. The summed E-state index contributed by atoms with van der Waals surface area (Å²) in [5.74, 6) is -1.28. The first-order valence-electron chi connectivity index (χ1n) is 7.99. The van der Waals surface area contributed by atoms with Crippen LogP contribution in [0, 0.1) is 14.9 Å². The Balaban J connectivity index is 1.85. The van der Waals surface area contributed by atoms with Crippen molar-refractivity contribution in [3.63, 3.8) is 0 Å². The van der Waals surface area contributed by atoms with Crippen LogP contribution >= 0.6 is 23.6 Å². The fourth-order valence-electron chi connectivity index (χ4n) is 2.94. The lowest BCUT2D eigenvalue weighted by molar-refractivity contribution is -0.384. The smallest absolute Gasteiger partial charge is 0.272 e. The van der Waals surface area contributed by atoms with Crippen LogP contribution in [0.4, 0.5) is 5.69 Å². The SMILES string of the molecule is O=C([O-])c1ccc(Cn2c(=S)[nH]c3c(sc4ccc([N+](=O)[O-])cc43)c2=O)cc1. The summed E-state index contributed by atoms with van der Waals surface area (Å²) >= 11 is 6.55. The van der Waals surface area contributed by atoms with Gasteiger partial charge in [0.05, 0.1) is 23.0 Å². The molecule has 140 valence electrons. The first-order valence-corrected chi connectivity index (χ1v) is 9.21. The number of thiophene rings is 1. The van der Waals surface area contributed by atoms with Gasteiger partial charge in [0, 0.05) is 22.2 Å². The number of carbonyl (C=O) groups is 1. The number of aromatic nitrogens is 2. The van der Waals surface area contributed by atoms with Crippen molar-refractivity contribution >= 4 is 55.5 Å². The van der Waals surface area contributed by atoms with E-state index in [0.29, 0.717) is 21.2 Å². The monoisotopic (exact) mass is 412 g/mol. The van der Waals surface area contributed by atoms with Crippen molar-refractivity contribution in [3.05, 3.63) is 78.8 Å². The van der Waals surface area contributed by atoms with Gasteiger partial charge < -0.3 is 14.9 Å². The summed E-state index contributed by atoms with van der Waals surface area (Å²) in [6.07, 6.45) is 0. The van der Waals surface area contributed by atoms with Crippen LogP contribution < -0.4 is 10.7 Å². The zero-order valence-electron chi connectivity index (χ0n) is 14.0. The average Bonchev–Trinajstić information content (AvgIpc) is 3.03. The third kappa shape index (κ3) is 2.98. The van der Waals surface area contributed by atoms with Gasteiger partial charge in [0.1, 0.15) is 4.70 Å². The van der Waals surface area contributed by atoms with Crippen LogP contribution in [0.5, 0.6) is 0 Å². The Bertz CT molecular complexity index is 1380. The molecule has 1 N–H and O–H groups in total. The van der Waals surface area contributed by atoms with E-state index in [2.05, 4.69) is 4.98 Å². The number of nitro groups is 1. The van der Waals surface area contributed by atoms with Crippen molar-refractivity contribution < 1.29 is 14.8 Å². The Morgan fingerprint density at radius 2 is 1.93 bits per heavy atom. The Morgan fingerprint density at radius 3 is 2.57 bits per heavy atom. The van der Waals surface area contributed by atoms with Crippen LogP contribution in [-0.2, 0) is 6.54 Å². The van der Waals surface area contributed by atoms with Gasteiger partial charge in [0.15, 0.2) is 4.77 Å². The second-order valence-electron chi connectivity index (χ2n) is 6.05. The molecule has 2 aromatic heterocycles. The van der Waals surface area contributed by atoms with E-state index in [1.807, 2.05) is 0 Å². The van der Waals surface area contributed by atoms with Crippen LogP contribution in [0.25, 0.3) is 20.3 Å². The van der Waals surface area contributed by atoms with E-state index in [0.717, 1.165) is 4.70 Å². The molecule has 0 saturated carbocycles. The summed E-state index contributed by atoms with van der Waals surface area (Å²) in [6.45, 7) is 0.159. The maximum absolute atomic E-state index is 13.0. The first kappa shape index (κ1) is 18.0. The number of hydrogen-bond acceptors (Lipinski definition) is 7. The Labute approximate surface area is 165 Å². The van der Waals surface area contributed by atoms with Crippen molar-refractivity contribution in [1.82, 2.24) is 9.55 Å². The van der Waals surface area contributed by atoms with Crippen molar-refractivity contribution in [2.24, 2.45) is 0 Å². The zero-order valence-corrected chi connectivity index (χ0v) is 15.6. The van der Waals surface area contributed by atoms with Gasteiger partial charge in [-0.15, -0.1) is 11.3 Å². The minimum absolute atomic E-state index is 0.0443. The van der Waals surface area contributed by atoms with E-state index in [-0.39, 0.29) is 28.1 Å². The molecule has 4 rings (SSSR count). The number of carboxylic acid groups (broad SMARTS) is 1. The Hall–Kier alpha value is -3.37. The number of aromatic carboxylic acids is 1. The van der Waals surface area contributed by atoms with Crippen molar-refractivity contribution in [3.8, 4) is 0 Å². The van der Waals surface area contributed by atoms with Crippen LogP contribution in [0.15, 0.2) is 47.3 Å². The van der Waals surface area contributed by atoms with Gasteiger partial charge in [-0.1, -0.05) is 24.3 Å². The third-order valence-electron chi connectivity index (χ3n) is 4.33. The summed E-state index contributed by atoms with van der Waals surface area (Å²) in [4.78, 5) is 37.4. The molecule has 0 spiro atoms. The van der Waals surface area contributed by atoms with E-state index in [1.54, 1.807) is 18.2 Å². The highest BCUT2D eigenvalue weighted by Gasteiger charge is 2.15. The summed E-state index contributed by atoms with van der Waals surface area (Å²) in [6, 6.07) is 10.4. The summed E-state index contributed by atoms with van der Waals surface area (Å²) in [5.41, 5.74) is 0.836. The van der Waals surface area contributed by atoms with Crippen molar-refractivity contribution in [2.45, 2.75) is 6.54 Å². The highest BCUT2D eigenvalue weighted by Crippen LogP contribution is 2.33. The molecule has 0 unspecified atom stereocenters. The van der Waals surface area contributed by atoms with Gasteiger partial charge in [-0.2, -0.15) is 0 Å². The minimum Gasteiger partial charge on any atom is -0.545 e. The molecule has 0 radical (unpaired) electrons. The number of hydrogen-bond donors (Lipinski definition) is 1. The molecule has 2 aromatic carbocycles. The fraction of sp³-hybridized carbons (Fsp3) is 0.0556. The molecule has 0 saturated heterocycles.